The molecule has 3 heterocycles. The summed E-state index contributed by atoms with van der Waals surface area (Å²) < 4.78 is 1.70. The molecule has 1 fully saturated rings. The molecule has 1 aliphatic heterocycles. The predicted molar refractivity (Wildman–Crippen MR) is 124 cm³/mol. The average molecular weight is 426 g/mol. The van der Waals surface area contributed by atoms with Crippen molar-refractivity contribution in [1.82, 2.24) is 20.1 Å². The number of nitrogens with zero attached hydrogens (tertiary/aromatic N) is 4. The number of anilines is 2. The highest BCUT2D eigenvalue weighted by atomic mass is 16.2. The van der Waals surface area contributed by atoms with Crippen LogP contribution in [0.15, 0.2) is 60.7 Å². The lowest BCUT2D eigenvalue weighted by molar-refractivity contribution is 0.102. The maximum absolute atomic E-state index is 13.3. The summed E-state index contributed by atoms with van der Waals surface area (Å²) in [6.45, 7) is 3.13. The van der Waals surface area contributed by atoms with Crippen LogP contribution in [0.5, 0.6) is 0 Å². The average Bonchev–Trinajstić information content (AvgIpc) is 3.36. The maximum Gasteiger partial charge on any atom is 0.321 e. The minimum absolute atomic E-state index is 0.110. The molecule has 0 bridgehead atoms. The fourth-order valence-electron chi connectivity index (χ4n) is 4.02. The Morgan fingerprint density at radius 1 is 1.09 bits per heavy atom. The van der Waals surface area contributed by atoms with Crippen LogP contribution < -0.4 is 15.5 Å². The van der Waals surface area contributed by atoms with Gasteiger partial charge < -0.3 is 10.6 Å². The number of aromatic nitrogens is 3. The molecule has 1 saturated heterocycles. The number of nitrogens with one attached hydrogen (secondary N) is 2. The van der Waals surface area contributed by atoms with Gasteiger partial charge in [-0.3, -0.25) is 14.4 Å². The minimum Gasteiger partial charge on any atom is -0.336 e. The molecule has 2 aromatic heterocycles. The summed E-state index contributed by atoms with van der Waals surface area (Å²) in [6.07, 6.45) is 0. The first-order valence-electron chi connectivity index (χ1n) is 10.4. The summed E-state index contributed by atoms with van der Waals surface area (Å²) >= 11 is 0. The molecule has 2 aromatic carbocycles. The van der Waals surface area contributed by atoms with Crippen molar-refractivity contribution in [3.05, 3.63) is 71.9 Å². The van der Waals surface area contributed by atoms with Gasteiger partial charge in [-0.05, 0) is 37.3 Å². The minimum atomic E-state index is -0.239. The first kappa shape index (κ1) is 19.7. The summed E-state index contributed by atoms with van der Waals surface area (Å²) in [5.74, 6) is -0.239. The number of urea groups is 1. The van der Waals surface area contributed by atoms with Crippen LogP contribution in [0.25, 0.3) is 22.3 Å². The smallest absolute Gasteiger partial charge is 0.321 e. The molecule has 5 rings (SSSR count). The number of amides is 3. The Bertz CT molecular complexity index is 1330. The van der Waals surface area contributed by atoms with Crippen LogP contribution in [0.2, 0.25) is 0 Å². The van der Waals surface area contributed by atoms with E-state index in [1.54, 1.807) is 21.7 Å². The SMILES string of the molecule is Cc1nn(C)c2nc(-c3ccccc3)cc(C(=O)Nc3ccc(N4CCNC4=O)cc3)c12. The number of aryl methyl sites for hydroxylation is 2. The fraction of sp³-hybridized carbons (Fsp3) is 0.167. The van der Waals surface area contributed by atoms with Gasteiger partial charge in [0.05, 0.1) is 22.3 Å². The number of carbonyl (C=O) groups excluding carboxylic acids is 2. The zero-order chi connectivity index (χ0) is 22.2. The Balaban J connectivity index is 1.49. The standard InChI is InChI=1S/C24H22N6O2/c1-15-21-19(14-20(16-6-4-3-5-7-16)27-22(21)29(2)28-15)23(31)26-17-8-10-18(11-9-17)30-13-12-25-24(30)32/h3-11,14H,12-13H2,1-2H3,(H,25,32)(H,26,31). The van der Waals surface area contributed by atoms with Gasteiger partial charge in [-0.15, -0.1) is 0 Å². The second kappa shape index (κ2) is 7.81. The van der Waals surface area contributed by atoms with Crippen LogP contribution in [0.1, 0.15) is 16.1 Å². The van der Waals surface area contributed by atoms with E-state index in [9.17, 15) is 9.59 Å². The van der Waals surface area contributed by atoms with E-state index in [4.69, 9.17) is 4.98 Å². The summed E-state index contributed by atoms with van der Waals surface area (Å²) in [6, 6.07) is 18.7. The normalized spacial score (nSPS) is 13.4. The van der Waals surface area contributed by atoms with Gasteiger partial charge in [0.25, 0.3) is 5.91 Å². The Morgan fingerprint density at radius 3 is 2.53 bits per heavy atom. The second-order valence-electron chi connectivity index (χ2n) is 7.71. The van der Waals surface area contributed by atoms with Gasteiger partial charge in [0.1, 0.15) is 0 Å². The number of pyridine rings is 1. The van der Waals surface area contributed by atoms with Crippen LogP contribution in [0.3, 0.4) is 0 Å². The molecule has 0 saturated carbocycles. The van der Waals surface area contributed by atoms with Crippen molar-refractivity contribution in [2.24, 2.45) is 7.05 Å². The van der Waals surface area contributed by atoms with Crippen LogP contribution in [-0.2, 0) is 7.05 Å². The van der Waals surface area contributed by atoms with E-state index in [-0.39, 0.29) is 11.9 Å². The predicted octanol–water partition coefficient (Wildman–Crippen LogP) is 3.73. The zero-order valence-electron chi connectivity index (χ0n) is 17.8. The molecule has 0 aliphatic carbocycles. The number of benzene rings is 2. The van der Waals surface area contributed by atoms with E-state index in [2.05, 4.69) is 15.7 Å². The van der Waals surface area contributed by atoms with Crippen molar-refractivity contribution in [3.8, 4) is 11.3 Å². The zero-order valence-corrected chi connectivity index (χ0v) is 17.8. The quantitative estimate of drug-likeness (QED) is 0.520. The highest BCUT2D eigenvalue weighted by Crippen LogP contribution is 2.28. The molecule has 32 heavy (non-hydrogen) atoms. The van der Waals surface area contributed by atoms with E-state index in [0.717, 1.165) is 22.3 Å². The molecule has 0 atom stereocenters. The number of rotatable bonds is 4. The van der Waals surface area contributed by atoms with E-state index in [0.29, 0.717) is 35.7 Å². The molecule has 8 nitrogen and oxygen atoms in total. The van der Waals surface area contributed by atoms with Crippen molar-refractivity contribution < 1.29 is 9.59 Å². The first-order valence-corrected chi connectivity index (χ1v) is 10.4. The van der Waals surface area contributed by atoms with Gasteiger partial charge in [-0.25, -0.2) is 9.78 Å². The van der Waals surface area contributed by atoms with E-state index in [1.807, 2.05) is 62.5 Å². The Hall–Kier alpha value is -4.20. The molecule has 2 N–H and O–H groups in total. The van der Waals surface area contributed by atoms with Crippen molar-refractivity contribution >= 4 is 34.3 Å². The van der Waals surface area contributed by atoms with Gasteiger partial charge in [0, 0.05) is 37.1 Å². The van der Waals surface area contributed by atoms with Crippen molar-refractivity contribution in [2.45, 2.75) is 6.92 Å². The molecule has 0 unspecified atom stereocenters. The molecule has 160 valence electrons. The van der Waals surface area contributed by atoms with E-state index >= 15 is 0 Å². The molecule has 0 radical (unpaired) electrons. The van der Waals surface area contributed by atoms with Gasteiger partial charge in [-0.2, -0.15) is 5.10 Å². The van der Waals surface area contributed by atoms with Crippen LogP contribution in [-0.4, -0.2) is 39.8 Å². The molecule has 4 aromatic rings. The van der Waals surface area contributed by atoms with E-state index in [1.165, 1.54) is 0 Å². The number of carbonyl (C=O) groups is 2. The van der Waals surface area contributed by atoms with Gasteiger partial charge in [0.15, 0.2) is 5.65 Å². The van der Waals surface area contributed by atoms with Crippen molar-refractivity contribution in [3.63, 3.8) is 0 Å². The molecule has 3 amide bonds. The van der Waals surface area contributed by atoms with Crippen LogP contribution >= 0.6 is 0 Å². The third kappa shape index (κ3) is 3.45. The summed E-state index contributed by atoms with van der Waals surface area (Å²) in [4.78, 5) is 31.6. The molecule has 1 aliphatic rings. The molecular weight excluding hydrogens is 404 g/mol. The van der Waals surface area contributed by atoms with Crippen molar-refractivity contribution in [1.29, 1.82) is 0 Å². The molecular formula is C24H22N6O2. The Kier molecular flexibility index (Phi) is 4.82. The summed E-state index contributed by atoms with van der Waals surface area (Å²) in [5.41, 5.74) is 4.99. The number of fused-ring (bicyclic) bond motifs is 1. The maximum atomic E-state index is 13.3. The largest absolute Gasteiger partial charge is 0.336 e. The second-order valence-corrected chi connectivity index (χ2v) is 7.71. The van der Waals surface area contributed by atoms with Gasteiger partial charge in [-0.1, -0.05) is 30.3 Å². The number of hydrogen-bond acceptors (Lipinski definition) is 4. The lowest BCUT2D eigenvalue weighted by Crippen LogP contribution is -2.27. The fourth-order valence-corrected chi connectivity index (χ4v) is 4.02. The number of hydrogen-bond donors (Lipinski definition) is 2. The third-order valence-corrected chi connectivity index (χ3v) is 5.58. The van der Waals surface area contributed by atoms with Gasteiger partial charge in [0.2, 0.25) is 0 Å². The van der Waals surface area contributed by atoms with Gasteiger partial charge >= 0.3 is 6.03 Å². The first-order chi connectivity index (χ1) is 15.5. The Labute approximate surface area is 184 Å². The summed E-state index contributed by atoms with van der Waals surface area (Å²) in [5, 5.41) is 11.0. The molecule has 8 heteroatoms. The summed E-state index contributed by atoms with van der Waals surface area (Å²) in [7, 11) is 1.83. The topological polar surface area (TPSA) is 92.2 Å². The van der Waals surface area contributed by atoms with E-state index < -0.39 is 0 Å². The Morgan fingerprint density at radius 2 is 1.84 bits per heavy atom. The third-order valence-electron chi connectivity index (χ3n) is 5.58. The van der Waals surface area contributed by atoms with Crippen LogP contribution in [0, 0.1) is 6.92 Å². The monoisotopic (exact) mass is 426 g/mol. The van der Waals surface area contributed by atoms with Crippen LogP contribution in [0.4, 0.5) is 16.2 Å². The van der Waals surface area contributed by atoms with Crippen molar-refractivity contribution in [2.75, 3.05) is 23.3 Å². The molecule has 0 spiro atoms. The highest BCUT2D eigenvalue weighted by molar-refractivity contribution is 6.13. The highest BCUT2D eigenvalue weighted by Gasteiger charge is 2.22. The lowest BCUT2D eigenvalue weighted by Gasteiger charge is -2.15. The lowest BCUT2D eigenvalue weighted by atomic mass is 10.0.